The molecule has 0 radical (unpaired) electrons. The third-order valence-electron chi connectivity index (χ3n) is 2.09. The molecule has 2 N–H and O–H groups in total. The minimum Gasteiger partial charge on any atom is -0.463 e. The Morgan fingerprint density at radius 1 is 1.47 bits per heavy atom. The Kier molecular flexibility index (Phi) is 2.95. The molecule has 0 atom stereocenters. The second-order valence-electron chi connectivity index (χ2n) is 3.41. The Morgan fingerprint density at radius 3 is 2.88 bits per heavy atom. The van der Waals surface area contributed by atoms with Crippen LogP contribution in [-0.2, 0) is 7.05 Å². The number of hydrogen-bond acceptors (Lipinski definition) is 4. The Hall–Kier alpha value is -2.50. The maximum absolute atomic E-state index is 11.6. The van der Waals surface area contributed by atoms with Gasteiger partial charge in [0.15, 0.2) is 11.5 Å². The molecule has 2 rings (SSSR count). The molecule has 0 saturated carbocycles. The average Bonchev–Trinajstić information content (AvgIpc) is 2.95. The quantitative estimate of drug-likeness (QED) is 0.769. The highest BCUT2D eigenvalue weighted by atomic mass is 16.3. The molecule has 0 unspecified atom stereocenters. The van der Waals surface area contributed by atoms with Gasteiger partial charge in [0.05, 0.1) is 12.0 Å². The van der Waals surface area contributed by atoms with Crippen molar-refractivity contribution in [2.24, 2.45) is 7.05 Å². The number of carbonyl (C=O) groups excluding carboxylic acids is 1. The molecule has 2 heterocycles. The normalized spacial score (nSPS) is 9.94. The van der Waals surface area contributed by atoms with E-state index in [4.69, 9.17) is 4.42 Å². The van der Waals surface area contributed by atoms with E-state index in [1.54, 1.807) is 36.1 Å². The molecule has 0 aromatic carbocycles. The fourth-order valence-corrected chi connectivity index (χ4v) is 1.24. The highest BCUT2D eigenvalue weighted by Gasteiger charge is 2.09. The van der Waals surface area contributed by atoms with E-state index >= 15 is 0 Å². The molecule has 88 valence electrons. The van der Waals surface area contributed by atoms with Crippen LogP contribution in [0.25, 0.3) is 5.70 Å². The molecule has 0 spiro atoms. The topological polar surface area (TPSA) is 72.1 Å². The van der Waals surface area contributed by atoms with Crippen LogP contribution < -0.4 is 10.9 Å². The summed E-state index contributed by atoms with van der Waals surface area (Å²) in [6.45, 7) is 3.72. The lowest BCUT2D eigenvalue weighted by atomic mass is 10.4. The highest BCUT2D eigenvalue weighted by molar-refractivity contribution is 5.92. The van der Waals surface area contributed by atoms with Gasteiger partial charge in [0.1, 0.15) is 0 Å². The number of hydrogen-bond donors (Lipinski definition) is 2. The number of nitrogens with zero attached hydrogens (tertiary/aromatic N) is 2. The zero-order valence-corrected chi connectivity index (χ0v) is 9.30. The van der Waals surface area contributed by atoms with E-state index in [-0.39, 0.29) is 5.91 Å². The summed E-state index contributed by atoms with van der Waals surface area (Å²) in [7, 11) is 1.74. The van der Waals surface area contributed by atoms with Gasteiger partial charge < -0.3 is 4.42 Å². The lowest BCUT2D eigenvalue weighted by molar-refractivity contribution is 0.0936. The summed E-state index contributed by atoms with van der Waals surface area (Å²) in [4.78, 5) is 11.6. The molecular formula is C11H12N4O2. The van der Waals surface area contributed by atoms with Gasteiger partial charge in [-0.1, -0.05) is 6.58 Å². The summed E-state index contributed by atoms with van der Waals surface area (Å²) in [5.41, 5.74) is 5.93. The molecule has 6 nitrogen and oxygen atoms in total. The molecule has 2 aromatic rings. The molecule has 17 heavy (non-hydrogen) atoms. The summed E-state index contributed by atoms with van der Waals surface area (Å²) < 4.78 is 6.66. The number of nitrogens with one attached hydrogen (secondary N) is 2. The zero-order valence-electron chi connectivity index (χ0n) is 9.30. The van der Waals surface area contributed by atoms with E-state index in [2.05, 4.69) is 22.5 Å². The first kappa shape index (κ1) is 11.0. The van der Waals surface area contributed by atoms with Crippen LogP contribution in [0.2, 0.25) is 0 Å². The summed E-state index contributed by atoms with van der Waals surface area (Å²) in [5.74, 6) is 0.227. The number of furan rings is 1. The van der Waals surface area contributed by atoms with Gasteiger partial charge in [-0.05, 0) is 18.2 Å². The van der Waals surface area contributed by atoms with E-state index in [1.807, 2.05) is 0 Å². The number of aromatic nitrogens is 2. The maximum Gasteiger partial charge on any atom is 0.290 e. The second-order valence-corrected chi connectivity index (χ2v) is 3.41. The van der Waals surface area contributed by atoms with Crippen molar-refractivity contribution in [1.29, 1.82) is 0 Å². The summed E-state index contributed by atoms with van der Waals surface area (Å²) in [5, 5.41) is 3.96. The Labute approximate surface area is 97.9 Å². The highest BCUT2D eigenvalue weighted by Crippen LogP contribution is 2.08. The van der Waals surface area contributed by atoms with Gasteiger partial charge in [0.2, 0.25) is 0 Å². The smallest absolute Gasteiger partial charge is 0.290 e. The molecular weight excluding hydrogens is 220 g/mol. The van der Waals surface area contributed by atoms with E-state index in [0.717, 1.165) is 0 Å². The lowest BCUT2D eigenvalue weighted by Gasteiger charge is -2.07. The van der Waals surface area contributed by atoms with Crippen molar-refractivity contribution < 1.29 is 9.21 Å². The van der Waals surface area contributed by atoms with Crippen LogP contribution in [0.15, 0.2) is 41.7 Å². The van der Waals surface area contributed by atoms with Gasteiger partial charge in [-0.3, -0.25) is 20.3 Å². The van der Waals surface area contributed by atoms with Crippen LogP contribution in [-0.4, -0.2) is 15.7 Å². The fourth-order valence-electron chi connectivity index (χ4n) is 1.24. The van der Waals surface area contributed by atoms with Gasteiger partial charge in [-0.2, -0.15) is 5.10 Å². The second kappa shape index (κ2) is 4.56. The summed E-state index contributed by atoms with van der Waals surface area (Å²) >= 11 is 0. The van der Waals surface area contributed by atoms with Crippen LogP contribution in [0.4, 0.5) is 0 Å². The lowest BCUT2D eigenvalue weighted by Crippen LogP contribution is -2.36. The van der Waals surface area contributed by atoms with E-state index in [1.165, 1.54) is 6.26 Å². The maximum atomic E-state index is 11.6. The van der Waals surface area contributed by atoms with E-state index < -0.39 is 0 Å². The van der Waals surface area contributed by atoms with Crippen molar-refractivity contribution in [3.63, 3.8) is 0 Å². The van der Waals surface area contributed by atoms with Crippen LogP contribution in [0.5, 0.6) is 0 Å². The van der Waals surface area contributed by atoms with Crippen LogP contribution >= 0.6 is 0 Å². The van der Waals surface area contributed by atoms with Gasteiger partial charge in [-0.15, -0.1) is 0 Å². The third-order valence-corrected chi connectivity index (χ3v) is 2.09. The molecule has 2 aromatic heterocycles. The van der Waals surface area contributed by atoms with Gasteiger partial charge in [-0.25, -0.2) is 0 Å². The predicted octanol–water partition coefficient (Wildman–Crippen LogP) is 0.918. The molecule has 0 aliphatic heterocycles. The Balaban J connectivity index is 1.91. The van der Waals surface area contributed by atoms with Gasteiger partial charge >= 0.3 is 0 Å². The van der Waals surface area contributed by atoms with Crippen molar-refractivity contribution in [1.82, 2.24) is 20.6 Å². The molecule has 6 heteroatoms. The largest absolute Gasteiger partial charge is 0.463 e. The first-order valence-corrected chi connectivity index (χ1v) is 4.95. The SMILES string of the molecule is C=C(NNC(=O)c1ccn(C)n1)c1ccco1. The van der Waals surface area contributed by atoms with Gasteiger partial charge in [0.25, 0.3) is 5.91 Å². The minimum absolute atomic E-state index is 0.326. The van der Waals surface area contributed by atoms with Crippen molar-refractivity contribution >= 4 is 11.6 Å². The standard InChI is InChI=1S/C11H12N4O2/c1-8(10-4-3-7-17-10)12-13-11(16)9-5-6-15(2)14-9/h3-7,12H,1H2,2H3,(H,13,16). The van der Waals surface area contributed by atoms with Crippen molar-refractivity contribution in [3.05, 3.63) is 48.7 Å². The number of aryl methyl sites for hydroxylation is 1. The third kappa shape index (κ3) is 2.54. The monoisotopic (exact) mass is 232 g/mol. The van der Waals surface area contributed by atoms with Crippen molar-refractivity contribution in [2.45, 2.75) is 0 Å². The average molecular weight is 232 g/mol. The van der Waals surface area contributed by atoms with Crippen molar-refractivity contribution in [2.75, 3.05) is 0 Å². The molecule has 0 aliphatic rings. The van der Waals surface area contributed by atoms with Crippen LogP contribution in [0.1, 0.15) is 16.2 Å². The van der Waals surface area contributed by atoms with Crippen molar-refractivity contribution in [3.8, 4) is 0 Å². The first-order chi connectivity index (χ1) is 8.16. The molecule has 1 amide bonds. The fraction of sp³-hybridized carbons (Fsp3) is 0.0909. The Morgan fingerprint density at radius 2 is 2.29 bits per heavy atom. The first-order valence-electron chi connectivity index (χ1n) is 4.95. The molecule has 0 saturated heterocycles. The Bertz CT molecular complexity index is 527. The molecule has 0 fully saturated rings. The zero-order chi connectivity index (χ0) is 12.3. The number of amides is 1. The van der Waals surface area contributed by atoms with Crippen LogP contribution in [0.3, 0.4) is 0 Å². The number of rotatable bonds is 4. The number of carbonyl (C=O) groups is 1. The summed E-state index contributed by atoms with van der Waals surface area (Å²) in [6, 6.07) is 5.09. The van der Waals surface area contributed by atoms with E-state index in [9.17, 15) is 4.79 Å². The molecule has 0 bridgehead atoms. The predicted molar refractivity (Wildman–Crippen MR) is 61.6 cm³/mol. The minimum atomic E-state index is -0.335. The van der Waals surface area contributed by atoms with E-state index in [0.29, 0.717) is 17.2 Å². The number of hydrazine groups is 1. The van der Waals surface area contributed by atoms with Crippen LogP contribution in [0, 0.1) is 0 Å². The molecule has 0 aliphatic carbocycles. The summed E-state index contributed by atoms with van der Waals surface area (Å²) in [6.07, 6.45) is 3.22. The van der Waals surface area contributed by atoms with Gasteiger partial charge in [0, 0.05) is 13.2 Å².